The monoisotopic (exact) mass is 279 g/mol. The van der Waals surface area contributed by atoms with E-state index in [0.29, 0.717) is 5.69 Å². The van der Waals surface area contributed by atoms with Crippen LogP contribution in [0.4, 0.5) is 5.69 Å². The highest BCUT2D eigenvalue weighted by Gasteiger charge is 2.14. The Hall–Kier alpha value is -2.34. The molecule has 1 rings (SSSR count). The molecule has 0 aliphatic rings. The molecule has 6 nitrogen and oxygen atoms in total. The number of carbonyl (C=O) groups excluding carboxylic acids is 2. The molecule has 0 saturated heterocycles. The van der Waals surface area contributed by atoms with Crippen LogP contribution in [0.2, 0.25) is 0 Å². The highest BCUT2D eigenvalue weighted by Crippen LogP contribution is 2.11. The molecule has 0 amide bonds. The average Bonchev–Trinajstić information content (AvgIpc) is 2.42. The Morgan fingerprint density at radius 2 is 1.90 bits per heavy atom. The number of nitrogen functional groups attached to an aromatic ring is 1. The van der Waals surface area contributed by atoms with Crippen LogP contribution in [0, 0.1) is 0 Å². The van der Waals surface area contributed by atoms with Crippen LogP contribution in [0.25, 0.3) is 0 Å². The van der Waals surface area contributed by atoms with Crippen molar-refractivity contribution < 1.29 is 24.2 Å². The summed E-state index contributed by atoms with van der Waals surface area (Å²) in [4.78, 5) is 22.8. The molecule has 3 N–H and O–H groups in total. The fourth-order valence-corrected chi connectivity index (χ4v) is 1.28. The van der Waals surface area contributed by atoms with Gasteiger partial charge in [-0.2, -0.15) is 0 Å². The molecule has 0 saturated carbocycles. The summed E-state index contributed by atoms with van der Waals surface area (Å²) >= 11 is 0. The number of para-hydroxylation sites is 1. The maximum atomic E-state index is 11.7. The van der Waals surface area contributed by atoms with Crippen molar-refractivity contribution in [1.29, 1.82) is 0 Å². The molecule has 0 bridgehead atoms. The van der Waals surface area contributed by atoms with Gasteiger partial charge in [-0.1, -0.05) is 18.7 Å². The van der Waals surface area contributed by atoms with E-state index in [0.717, 1.165) is 0 Å². The summed E-state index contributed by atoms with van der Waals surface area (Å²) in [6.07, 6.45) is -1.10. The third-order valence-corrected chi connectivity index (χ3v) is 2.34. The fraction of sp³-hybridized carbons (Fsp3) is 0.286. The van der Waals surface area contributed by atoms with Gasteiger partial charge >= 0.3 is 11.9 Å². The number of aliphatic hydroxyl groups is 1. The summed E-state index contributed by atoms with van der Waals surface area (Å²) < 4.78 is 9.60. The second-order valence-electron chi connectivity index (χ2n) is 4.22. The third-order valence-electron chi connectivity index (χ3n) is 2.34. The number of esters is 2. The maximum absolute atomic E-state index is 11.7. The molecule has 20 heavy (non-hydrogen) atoms. The first-order chi connectivity index (χ1) is 9.41. The van der Waals surface area contributed by atoms with Gasteiger partial charge < -0.3 is 20.3 Å². The summed E-state index contributed by atoms with van der Waals surface area (Å²) in [5.74, 6) is -1.25. The molecular weight excluding hydrogens is 262 g/mol. The number of anilines is 1. The molecule has 1 atom stereocenters. The van der Waals surface area contributed by atoms with Crippen LogP contribution >= 0.6 is 0 Å². The van der Waals surface area contributed by atoms with Crippen molar-refractivity contribution in [3.05, 3.63) is 42.0 Å². The molecule has 1 aromatic carbocycles. The van der Waals surface area contributed by atoms with Gasteiger partial charge in [0.1, 0.15) is 19.3 Å². The number of rotatable bonds is 6. The van der Waals surface area contributed by atoms with Crippen LogP contribution in [0.15, 0.2) is 36.4 Å². The molecular formula is C14H17NO5. The van der Waals surface area contributed by atoms with Gasteiger partial charge in [-0.05, 0) is 19.1 Å². The van der Waals surface area contributed by atoms with E-state index in [9.17, 15) is 14.7 Å². The number of ether oxygens (including phenoxy) is 2. The molecule has 6 heteroatoms. The smallest absolute Gasteiger partial charge is 0.340 e. The SMILES string of the molecule is C=C(C)C(=O)OCC(O)COC(=O)c1ccccc1N. The minimum atomic E-state index is -1.10. The van der Waals surface area contributed by atoms with E-state index < -0.39 is 18.0 Å². The summed E-state index contributed by atoms with van der Waals surface area (Å²) in [6.45, 7) is 4.32. The van der Waals surface area contributed by atoms with Crippen molar-refractivity contribution in [3.63, 3.8) is 0 Å². The van der Waals surface area contributed by atoms with Gasteiger partial charge in [-0.15, -0.1) is 0 Å². The van der Waals surface area contributed by atoms with Gasteiger partial charge in [-0.25, -0.2) is 9.59 Å². The lowest BCUT2D eigenvalue weighted by Gasteiger charge is -2.12. The van der Waals surface area contributed by atoms with Gasteiger partial charge in [0.25, 0.3) is 0 Å². The Labute approximate surface area is 116 Å². The molecule has 0 spiro atoms. The topological polar surface area (TPSA) is 98.9 Å². The highest BCUT2D eigenvalue weighted by atomic mass is 16.6. The highest BCUT2D eigenvalue weighted by molar-refractivity contribution is 5.94. The Morgan fingerprint density at radius 3 is 2.50 bits per heavy atom. The average molecular weight is 279 g/mol. The molecule has 0 aliphatic heterocycles. The van der Waals surface area contributed by atoms with Crippen molar-refractivity contribution in [2.24, 2.45) is 0 Å². The minimum Gasteiger partial charge on any atom is -0.459 e. The van der Waals surface area contributed by atoms with Crippen molar-refractivity contribution >= 4 is 17.6 Å². The number of nitrogens with two attached hydrogens (primary N) is 1. The molecule has 0 radical (unpaired) electrons. The molecule has 0 fully saturated rings. The zero-order chi connectivity index (χ0) is 15.1. The van der Waals surface area contributed by atoms with Gasteiger partial charge in [0.05, 0.1) is 5.56 Å². The zero-order valence-electron chi connectivity index (χ0n) is 11.2. The standard InChI is InChI=1S/C14H17NO5/c1-9(2)13(17)19-7-10(16)8-20-14(18)11-5-3-4-6-12(11)15/h3-6,10,16H,1,7-8,15H2,2H3. The molecule has 0 aromatic heterocycles. The van der Waals surface area contributed by atoms with Crippen molar-refractivity contribution in [2.45, 2.75) is 13.0 Å². The molecule has 0 heterocycles. The van der Waals surface area contributed by atoms with E-state index in [1.54, 1.807) is 18.2 Å². The Morgan fingerprint density at radius 1 is 1.30 bits per heavy atom. The summed E-state index contributed by atoms with van der Waals surface area (Å²) in [5.41, 5.74) is 6.36. The zero-order valence-corrected chi connectivity index (χ0v) is 11.2. The summed E-state index contributed by atoms with van der Waals surface area (Å²) in [7, 11) is 0. The Balaban J connectivity index is 2.40. The lowest BCUT2D eigenvalue weighted by molar-refractivity contribution is -0.142. The Kier molecular flexibility index (Phi) is 5.74. The number of hydrogen-bond donors (Lipinski definition) is 2. The van der Waals surface area contributed by atoms with E-state index >= 15 is 0 Å². The van der Waals surface area contributed by atoms with Crippen molar-refractivity contribution in [1.82, 2.24) is 0 Å². The Bertz CT molecular complexity index is 512. The number of carbonyl (C=O) groups is 2. The van der Waals surface area contributed by atoms with Crippen molar-refractivity contribution in [3.8, 4) is 0 Å². The molecule has 1 aromatic rings. The number of benzene rings is 1. The first-order valence-corrected chi connectivity index (χ1v) is 5.94. The van der Waals surface area contributed by atoms with Gasteiger partial charge in [0.2, 0.25) is 0 Å². The number of hydrogen-bond acceptors (Lipinski definition) is 6. The van der Waals surface area contributed by atoms with E-state index in [-0.39, 0.29) is 24.4 Å². The predicted octanol–water partition coefficient (Wildman–Crippen LogP) is 0.906. The minimum absolute atomic E-state index is 0.221. The second kappa shape index (κ2) is 7.30. The summed E-state index contributed by atoms with van der Waals surface area (Å²) in [5, 5.41) is 9.53. The van der Waals surface area contributed by atoms with Crippen LogP contribution in [-0.4, -0.2) is 36.4 Å². The fourth-order valence-electron chi connectivity index (χ4n) is 1.28. The van der Waals surface area contributed by atoms with Crippen LogP contribution in [-0.2, 0) is 14.3 Å². The lowest BCUT2D eigenvalue weighted by Crippen LogP contribution is -2.25. The first kappa shape index (κ1) is 15.7. The van der Waals surface area contributed by atoms with E-state index in [1.807, 2.05) is 0 Å². The molecule has 0 aliphatic carbocycles. The molecule has 1 unspecified atom stereocenters. The third kappa shape index (κ3) is 4.74. The number of aliphatic hydroxyl groups excluding tert-OH is 1. The maximum Gasteiger partial charge on any atom is 0.340 e. The lowest BCUT2D eigenvalue weighted by atomic mass is 10.2. The van der Waals surface area contributed by atoms with Crippen LogP contribution in [0.1, 0.15) is 17.3 Å². The predicted molar refractivity (Wildman–Crippen MR) is 72.9 cm³/mol. The molecule has 108 valence electrons. The van der Waals surface area contributed by atoms with Gasteiger partial charge in [0, 0.05) is 11.3 Å². The van der Waals surface area contributed by atoms with E-state index in [4.69, 9.17) is 15.2 Å². The largest absolute Gasteiger partial charge is 0.459 e. The second-order valence-corrected chi connectivity index (χ2v) is 4.22. The van der Waals surface area contributed by atoms with Crippen LogP contribution < -0.4 is 5.73 Å². The van der Waals surface area contributed by atoms with Crippen LogP contribution in [0.5, 0.6) is 0 Å². The summed E-state index contributed by atoms with van der Waals surface area (Å²) in [6, 6.07) is 6.43. The van der Waals surface area contributed by atoms with E-state index in [1.165, 1.54) is 13.0 Å². The first-order valence-electron chi connectivity index (χ1n) is 5.94. The van der Waals surface area contributed by atoms with Crippen molar-refractivity contribution in [2.75, 3.05) is 18.9 Å². The van der Waals surface area contributed by atoms with Gasteiger partial charge in [-0.3, -0.25) is 0 Å². The van der Waals surface area contributed by atoms with Crippen LogP contribution in [0.3, 0.4) is 0 Å². The normalized spacial score (nSPS) is 11.5. The van der Waals surface area contributed by atoms with Gasteiger partial charge in [0.15, 0.2) is 0 Å². The van der Waals surface area contributed by atoms with E-state index in [2.05, 4.69) is 6.58 Å². The quantitative estimate of drug-likeness (QED) is 0.456.